The fraction of sp³-hybridized carbons (Fsp3) is 0.625. The topological polar surface area (TPSA) is 15.3 Å². The minimum Gasteiger partial charge on any atom is -0.312 e. The van der Waals surface area contributed by atoms with Crippen LogP contribution >= 0.6 is 34.8 Å². The molecule has 0 spiro atoms. The molecule has 2 saturated heterocycles. The summed E-state index contributed by atoms with van der Waals surface area (Å²) in [6.07, 6.45) is 5.33. The molecule has 1 aromatic carbocycles. The minimum absolute atomic E-state index is 0.565. The lowest BCUT2D eigenvalue weighted by Crippen LogP contribution is -2.42. The number of rotatable bonds is 4. The predicted molar refractivity (Wildman–Crippen MR) is 90.5 cm³/mol. The first-order valence-electron chi connectivity index (χ1n) is 7.61. The van der Waals surface area contributed by atoms with Crippen molar-refractivity contribution in [3.63, 3.8) is 0 Å². The van der Waals surface area contributed by atoms with Gasteiger partial charge in [0.1, 0.15) is 0 Å². The predicted octanol–water partition coefficient (Wildman–Crippen LogP) is 4.61. The fourth-order valence-electron chi connectivity index (χ4n) is 3.82. The van der Waals surface area contributed by atoms with Gasteiger partial charge in [-0.25, -0.2) is 0 Å². The van der Waals surface area contributed by atoms with Gasteiger partial charge in [-0.15, -0.1) is 0 Å². The third-order valence-electron chi connectivity index (χ3n) is 5.07. The summed E-state index contributed by atoms with van der Waals surface area (Å²) in [5.74, 6) is 0.760. The highest BCUT2D eigenvalue weighted by Gasteiger charge is 2.37. The number of nitrogens with zero attached hydrogens (tertiary/aromatic N) is 1. The quantitative estimate of drug-likeness (QED) is 0.800. The van der Waals surface area contributed by atoms with Gasteiger partial charge < -0.3 is 10.2 Å². The zero-order valence-corrected chi connectivity index (χ0v) is 14.5. The molecule has 5 heteroatoms. The van der Waals surface area contributed by atoms with Gasteiger partial charge in [-0.2, -0.15) is 0 Å². The SMILES string of the molecule is CN1C2CCC1CC(CNCc1c(Cl)ccc(Cl)c1Cl)C2. The Labute approximate surface area is 141 Å². The van der Waals surface area contributed by atoms with Crippen molar-refractivity contribution in [3.05, 3.63) is 32.8 Å². The molecule has 2 fully saturated rings. The largest absolute Gasteiger partial charge is 0.312 e. The number of hydrogen-bond donors (Lipinski definition) is 1. The van der Waals surface area contributed by atoms with Gasteiger partial charge in [0.25, 0.3) is 0 Å². The zero-order chi connectivity index (χ0) is 15.0. The Morgan fingerprint density at radius 3 is 2.38 bits per heavy atom. The molecule has 0 aliphatic carbocycles. The lowest BCUT2D eigenvalue weighted by Gasteiger charge is -2.36. The molecule has 2 bridgehead atoms. The average molecular weight is 348 g/mol. The van der Waals surface area contributed by atoms with Crippen molar-refractivity contribution >= 4 is 34.8 Å². The van der Waals surface area contributed by atoms with Gasteiger partial charge in [0, 0.05) is 29.2 Å². The van der Waals surface area contributed by atoms with Crippen molar-refractivity contribution < 1.29 is 0 Å². The lowest BCUT2D eigenvalue weighted by atomic mass is 9.91. The second-order valence-corrected chi connectivity index (χ2v) is 7.53. The Bertz CT molecular complexity index is 506. The summed E-state index contributed by atoms with van der Waals surface area (Å²) in [6.45, 7) is 1.71. The number of hydrogen-bond acceptors (Lipinski definition) is 2. The lowest BCUT2D eigenvalue weighted by molar-refractivity contribution is 0.133. The summed E-state index contributed by atoms with van der Waals surface area (Å²) in [4.78, 5) is 2.57. The molecule has 1 N–H and O–H groups in total. The summed E-state index contributed by atoms with van der Waals surface area (Å²) < 4.78 is 0. The number of fused-ring (bicyclic) bond motifs is 2. The maximum Gasteiger partial charge on any atom is 0.0652 e. The maximum absolute atomic E-state index is 6.23. The van der Waals surface area contributed by atoms with E-state index in [9.17, 15) is 0 Å². The van der Waals surface area contributed by atoms with Crippen LogP contribution in [0.15, 0.2) is 12.1 Å². The first-order valence-corrected chi connectivity index (χ1v) is 8.74. The van der Waals surface area contributed by atoms with Crippen LogP contribution in [-0.4, -0.2) is 30.6 Å². The van der Waals surface area contributed by atoms with E-state index in [0.717, 1.165) is 30.1 Å². The third-order valence-corrected chi connectivity index (χ3v) is 6.27. The van der Waals surface area contributed by atoms with Crippen molar-refractivity contribution in [2.45, 2.75) is 44.3 Å². The zero-order valence-electron chi connectivity index (χ0n) is 12.2. The van der Waals surface area contributed by atoms with Crippen LogP contribution < -0.4 is 5.32 Å². The minimum atomic E-state index is 0.565. The maximum atomic E-state index is 6.23. The molecular formula is C16H21Cl3N2. The molecule has 0 aromatic heterocycles. The van der Waals surface area contributed by atoms with Gasteiger partial charge in [-0.05, 0) is 57.3 Å². The average Bonchev–Trinajstić information content (AvgIpc) is 2.69. The van der Waals surface area contributed by atoms with Gasteiger partial charge in [-0.1, -0.05) is 34.8 Å². The number of piperidine rings is 1. The normalized spacial score (nSPS) is 29.0. The van der Waals surface area contributed by atoms with Gasteiger partial charge in [0.05, 0.1) is 10.0 Å². The molecule has 2 heterocycles. The van der Waals surface area contributed by atoms with E-state index in [0.29, 0.717) is 21.6 Å². The molecule has 0 saturated carbocycles. The van der Waals surface area contributed by atoms with Crippen LogP contribution in [0.1, 0.15) is 31.2 Å². The van der Waals surface area contributed by atoms with E-state index >= 15 is 0 Å². The van der Waals surface area contributed by atoms with Crippen molar-refractivity contribution in [2.75, 3.05) is 13.6 Å². The van der Waals surface area contributed by atoms with E-state index in [1.165, 1.54) is 25.7 Å². The summed E-state index contributed by atoms with van der Waals surface area (Å²) in [7, 11) is 2.28. The van der Waals surface area contributed by atoms with Gasteiger partial charge in [0.2, 0.25) is 0 Å². The Morgan fingerprint density at radius 1 is 1.10 bits per heavy atom. The van der Waals surface area contributed by atoms with Crippen LogP contribution in [0.3, 0.4) is 0 Å². The monoisotopic (exact) mass is 346 g/mol. The third kappa shape index (κ3) is 3.35. The van der Waals surface area contributed by atoms with E-state index in [4.69, 9.17) is 34.8 Å². The second-order valence-electron chi connectivity index (χ2n) is 6.34. The Hall–Kier alpha value is 0.01000. The van der Waals surface area contributed by atoms with Crippen molar-refractivity contribution in [3.8, 4) is 0 Å². The van der Waals surface area contributed by atoms with Crippen LogP contribution in [0.25, 0.3) is 0 Å². The molecule has 2 atom stereocenters. The Morgan fingerprint density at radius 2 is 1.71 bits per heavy atom. The molecule has 2 aliphatic rings. The molecule has 2 aliphatic heterocycles. The van der Waals surface area contributed by atoms with E-state index in [-0.39, 0.29) is 0 Å². The summed E-state index contributed by atoms with van der Waals surface area (Å²) in [5, 5.41) is 5.33. The van der Waals surface area contributed by atoms with Gasteiger partial charge in [-0.3, -0.25) is 0 Å². The van der Waals surface area contributed by atoms with Crippen LogP contribution in [0.5, 0.6) is 0 Å². The summed E-state index contributed by atoms with van der Waals surface area (Å²) in [6, 6.07) is 5.12. The first kappa shape index (κ1) is 15.9. The van der Waals surface area contributed by atoms with Crippen molar-refractivity contribution in [1.82, 2.24) is 10.2 Å². The molecule has 2 nitrogen and oxygen atoms in total. The highest BCUT2D eigenvalue weighted by molar-refractivity contribution is 6.44. The highest BCUT2D eigenvalue weighted by atomic mass is 35.5. The Balaban J connectivity index is 1.54. The van der Waals surface area contributed by atoms with Crippen molar-refractivity contribution in [2.24, 2.45) is 5.92 Å². The second kappa shape index (κ2) is 6.64. The summed E-state index contributed by atoms with van der Waals surface area (Å²) in [5.41, 5.74) is 0.904. The fourth-order valence-corrected chi connectivity index (χ4v) is 4.50. The molecule has 3 rings (SSSR count). The standard InChI is InChI=1S/C16H21Cl3N2/c1-21-11-2-3-12(21)7-10(6-11)8-20-9-13-14(17)4-5-15(18)16(13)19/h4-5,10-12,20H,2-3,6-9H2,1H3. The molecule has 0 amide bonds. The smallest absolute Gasteiger partial charge is 0.0652 e. The molecule has 1 aromatic rings. The molecule has 0 radical (unpaired) electrons. The van der Waals surface area contributed by atoms with E-state index in [1.807, 2.05) is 6.07 Å². The van der Waals surface area contributed by atoms with Crippen molar-refractivity contribution in [1.29, 1.82) is 0 Å². The number of benzene rings is 1. The van der Waals surface area contributed by atoms with E-state index in [1.54, 1.807) is 6.07 Å². The number of halogens is 3. The highest BCUT2D eigenvalue weighted by Crippen LogP contribution is 2.37. The van der Waals surface area contributed by atoms with Gasteiger partial charge >= 0.3 is 0 Å². The summed E-state index contributed by atoms with van der Waals surface area (Å²) >= 11 is 18.5. The molecule has 2 unspecified atom stereocenters. The number of nitrogens with one attached hydrogen (secondary N) is 1. The van der Waals surface area contributed by atoms with E-state index < -0.39 is 0 Å². The molecule has 116 valence electrons. The molecular weight excluding hydrogens is 327 g/mol. The molecule has 21 heavy (non-hydrogen) atoms. The van der Waals surface area contributed by atoms with Crippen LogP contribution in [0.4, 0.5) is 0 Å². The first-order chi connectivity index (χ1) is 10.1. The van der Waals surface area contributed by atoms with Crippen LogP contribution in [0, 0.1) is 5.92 Å². The van der Waals surface area contributed by atoms with Crippen LogP contribution in [0.2, 0.25) is 15.1 Å². The van der Waals surface area contributed by atoms with Gasteiger partial charge in [0.15, 0.2) is 0 Å². The Kier molecular flexibility index (Phi) is 5.02. The van der Waals surface area contributed by atoms with Crippen LogP contribution in [-0.2, 0) is 6.54 Å². The van der Waals surface area contributed by atoms with E-state index in [2.05, 4.69) is 17.3 Å².